The van der Waals surface area contributed by atoms with Gasteiger partial charge in [-0.15, -0.1) is 24.0 Å². The van der Waals surface area contributed by atoms with E-state index in [0.29, 0.717) is 24.1 Å². The molecule has 0 atom stereocenters. The Labute approximate surface area is 152 Å². The number of hydrogen-bond acceptors (Lipinski definition) is 3. The van der Waals surface area contributed by atoms with Crippen molar-refractivity contribution < 1.29 is 9.13 Å². The highest BCUT2D eigenvalue weighted by molar-refractivity contribution is 14.0. The van der Waals surface area contributed by atoms with Crippen LogP contribution in [0.5, 0.6) is 11.6 Å². The van der Waals surface area contributed by atoms with Gasteiger partial charge in [0.1, 0.15) is 11.6 Å². The van der Waals surface area contributed by atoms with Crippen LogP contribution < -0.4 is 15.8 Å². The molecule has 0 aliphatic carbocycles. The van der Waals surface area contributed by atoms with Crippen molar-refractivity contribution in [3.63, 3.8) is 0 Å². The molecule has 0 saturated heterocycles. The smallest absolute Gasteiger partial charge is 0.224 e. The van der Waals surface area contributed by atoms with Crippen molar-refractivity contribution in [1.82, 2.24) is 10.3 Å². The lowest BCUT2D eigenvalue weighted by Gasteiger charge is -2.10. The van der Waals surface area contributed by atoms with E-state index in [-0.39, 0.29) is 35.8 Å². The second kappa shape index (κ2) is 9.29. The van der Waals surface area contributed by atoms with Gasteiger partial charge >= 0.3 is 0 Å². The molecule has 2 rings (SSSR count). The number of nitrogens with two attached hydrogens (primary N) is 1. The molecule has 0 aliphatic heterocycles. The summed E-state index contributed by atoms with van der Waals surface area (Å²) in [6.07, 6.45) is 1.61. The van der Waals surface area contributed by atoms with Gasteiger partial charge in [0.2, 0.25) is 5.88 Å². The van der Waals surface area contributed by atoms with Crippen LogP contribution in [0.1, 0.15) is 19.4 Å². The number of halogens is 2. The van der Waals surface area contributed by atoms with Gasteiger partial charge in [0.05, 0.1) is 6.54 Å². The van der Waals surface area contributed by atoms with Gasteiger partial charge in [-0.3, -0.25) is 0 Å². The average molecular weight is 430 g/mol. The van der Waals surface area contributed by atoms with E-state index in [4.69, 9.17) is 10.5 Å². The summed E-state index contributed by atoms with van der Waals surface area (Å²) in [4.78, 5) is 8.41. The molecule has 23 heavy (non-hydrogen) atoms. The molecule has 5 nitrogen and oxygen atoms in total. The molecule has 0 aliphatic rings. The highest BCUT2D eigenvalue weighted by Gasteiger charge is 2.07. The fourth-order valence-electron chi connectivity index (χ4n) is 1.79. The summed E-state index contributed by atoms with van der Waals surface area (Å²) in [7, 11) is 0. The fourth-order valence-corrected chi connectivity index (χ4v) is 1.79. The Bertz CT molecular complexity index is 664. The summed E-state index contributed by atoms with van der Waals surface area (Å²) in [5, 5.41) is 3.01. The van der Waals surface area contributed by atoms with Gasteiger partial charge < -0.3 is 15.8 Å². The third-order valence-corrected chi connectivity index (χ3v) is 2.72. The van der Waals surface area contributed by atoms with Crippen LogP contribution in [0.15, 0.2) is 47.6 Å². The van der Waals surface area contributed by atoms with E-state index in [1.165, 1.54) is 12.1 Å². The average Bonchev–Trinajstić information content (AvgIpc) is 2.46. The maximum atomic E-state index is 13.2. The van der Waals surface area contributed by atoms with Crippen LogP contribution in [0.2, 0.25) is 0 Å². The van der Waals surface area contributed by atoms with Crippen LogP contribution in [0.25, 0.3) is 0 Å². The third-order valence-electron chi connectivity index (χ3n) is 2.72. The van der Waals surface area contributed by atoms with Gasteiger partial charge in [-0.2, -0.15) is 0 Å². The summed E-state index contributed by atoms with van der Waals surface area (Å²) < 4.78 is 18.8. The Balaban J connectivity index is 0.00000264. The number of aromatic nitrogens is 1. The van der Waals surface area contributed by atoms with E-state index < -0.39 is 0 Å². The highest BCUT2D eigenvalue weighted by Crippen LogP contribution is 2.23. The molecule has 3 N–H and O–H groups in total. The molecular formula is C16H20FIN4O. The second-order valence-electron chi connectivity index (χ2n) is 5.03. The van der Waals surface area contributed by atoms with E-state index >= 15 is 0 Å². The molecule has 0 amide bonds. The van der Waals surface area contributed by atoms with E-state index in [1.807, 2.05) is 19.9 Å². The Morgan fingerprint density at radius 1 is 1.35 bits per heavy atom. The van der Waals surface area contributed by atoms with E-state index in [9.17, 15) is 4.39 Å². The van der Waals surface area contributed by atoms with E-state index in [1.54, 1.807) is 24.4 Å². The molecule has 0 radical (unpaired) electrons. The fraction of sp³-hybridized carbons (Fsp3) is 0.250. The third kappa shape index (κ3) is 6.39. The molecule has 0 spiro atoms. The molecule has 1 aromatic heterocycles. The van der Waals surface area contributed by atoms with Gasteiger partial charge in [-0.05, 0) is 32.0 Å². The Morgan fingerprint density at radius 2 is 2.13 bits per heavy atom. The monoisotopic (exact) mass is 430 g/mol. The summed E-state index contributed by atoms with van der Waals surface area (Å²) in [6, 6.07) is 9.74. The molecule has 0 bridgehead atoms. The first-order chi connectivity index (χ1) is 10.5. The van der Waals surface area contributed by atoms with Gasteiger partial charge in [0, 0.05) is 23.9 Å². The number of nitrogens with one attached hydrogen (secondary N) is 1. The number of aliphatic imine (C=N–C) groups is 1. The summed E-state index contributed by atoms with van der Waals surface area (Å²) in [5.41, 5.74) is 6.54. The number of benzene rings is 1. The number of pyridine rings is 1. The lowest BCUT2D eigenvalue weighted by Crippen LogP contribution is -2.36. The van der Waals surface area contributed by atoms with Crippen LogP contribution >= 0.6 is 24.0 Å². The number of nitrogens with zero attached hydrogens (tertiary/aromatic N) is 2. The zero-order chi connectivity index (χ0) is 15.9. The minimum absolute atomic E-state index is 0. The minimum Gasteiger partial charge on any atom is -0.439 e. The van der Waals surface area contributed by atoms with Crippen molar-refractivity contribution in [1.29, 1.82) is 0 Å². The standard InChI is InChI=1S/C16H19FN4O.HI/c1-11(2)21-16(18)20-10-12-5-4-8-19-15(12)22-14-7-3-6-13(17)9-14;/h3-9,11H,10H2,1-2H3,(H3,18,20,21);1H. The van der Waals surface area contributed by atoms with Gasteiger partial charge in [-0.1, -0.05) is 12.1 Å². The molecule has 1 heterocycles. The Morgan fingerprint density at radius 3 is 2.83 bits per heavy atom. The van der Waals surface area contributed by atoms with Crippen LogP contribution in [0.3, 0.4) is 0 Å². The van der Waals surface area contributed by atoms with Gasteiger partial charge in [-0.25, -0.2) is 14.4 Å². The zero-order valence-corrected chi connectivity index (χ0v) is 15.3. The first kappa shape index (κ1) is 19.1. The molecule has 7 heteroatoms. The number of hydrogen-bond donors (Lipinski definition) is 2. The normalized spacial score (nSPS) is 11.0. The van der Waals surface area contributed by atoms with Crippen molar-refractivity contribution in [2.75, 3.05) is 0 Å². The van der Waals surface area contributed by atoms with Crippen molar-refractivity contribution in [3.05, 3.63) is 54.0 Å². The van der Waals surface area contributed by atoms with Crippen LogP contribution in [0.4, 0.5) is 4.39 Å². The SMILES string of the molecule is CC(C)NC(N)=NCc1cccnc1Oc1cccc(F)c1.I. The highest BCUT2D eigenvalue weighted by atomic mass is 127. The number of rotatable bonds is 5. The molecule has 2 aromatic rings. The van der Waals surface area contributed by atoms with Gasteiger partial charge in [0.15, 0.2) is 5.96 Å². The maximum Gasteiger partial charge on any atom is 0.224 e. The summed E-state index contributed by atoms with van der Waals surface area (Å²) in [6.45, 7) is 4.28. The molecule has 1 aromatic carbocycles. The molecule has 0 saturated carbocycles. The molecule has 0 fully saturated rings. The molecule has 0 unspecified atom stereocenters. The largest absolute Gasteiger partial charge is 0.439 e. The van der Waals surface area contributed by atoms with Gasteiger partial charge in [0.25, 0.3) is 0 Å². The first-order valence-corrected chi connectivity index (χ1v) is 6.98. The number of ether oxygens (including phenoxy) is 1. The van der Waals surface area contributed by atoms with Crippen LogP contribution in [-0.4, -0.2) is 17.0 Å². The predicted octanol–water partition coefficient (Wildman–Crippen LogP) is 3.44. The zero-order valence-electron chi connectivity index (χ0n) is 13.0. The van der Waals surface area contributed by atoms with E-state index in [2.05, 4.69) is 15.3 Å². The topological polar surface area (TPSA) is 72.5 Å². The Hall–Kier alpha value is -1.90. The Kier molecular flexibility index (Phi) is 7.73. The summed E-state index contributed by atoms with van der Waals surface area (Å²) >= 11 is 0. The lowest BCUT2D eigenvalue weighted by molar-refractivity contribution is 0.452. The lowest BCUT2D eigenvalue weighted by atomic mass is 10.2. The first-order valence-electron chi connectivity index (χ1n) is 6.98. The van der Waals surface area contributed by atoms with Crippen molar-refractivity contribution in [2.24, 2.45) is 10.7 Å². The van der Waals surface area contributed by atoms with Crippen molar-refractivity contribution in [3.8, 4) is 11.6 Å². The van der Waals surface area contributed by atoms with Crippen LogP contribution in [-0.2, 0) is 6.54 Å². The maximum absolute atomic E-state index is 13.2. The predicted molar refractivity (Wildman–Crippen MR) is 99.7 cm³/mol. The molecular weight excluding hydrogens is 410 g/mol. The molecule has 124 valence electrons. The summed E-state index contributed by atoms with van der Waals surface area (Å²) in [5.74, 6) is 0.764. The minimum atomic E-state index is -0.363. The quantitative estimate of drug-likeness (QED) is 0.433. The van der Waals surface area contributed by atoms with Crippen molar-refractivity contribution in [2.45, 2.75) is 26.4 Å². The number of guanidine groups is 1. The van der Waals surface area contributed by atoms with Crippen LogP contribution in [0, 0.1) is 5.82 Å². The van der Waals surface area contributed by atoms with Crippen molar-refractivity contribution >= 4 is 29.9 Å². The second-order valence-corrected chi connectivity index (χ2v) is 5.03. The van der Waals surface area contributed by atoms with E-state index in [0.717, 1.165) is 5.56 Å².